The van der Waals surface area contributed by atoms with Gasteiger partial charge in [-0.25, -0.2) is 0 Å². The average molecular weight is 158 g/mol. The van der Waals surface area contributed by atoms with Gasteiger partial charge in [-0.3, -0.25) is 4.79 Å². The molecule has 1 heterocycles. The van der Waals surface area contributed by atoms with Crippen LogP contribution in [0.25, 0.3) is 0 Å². The van der Waals surface area contributed by atoms with Crippen LogP contribution in [-0.4, -0.2) is 48.7 Å². The number of carboxylic acid groups (broad SMARTS) is 1. The van der Waals surface area contributed by atoms with Gasteiger partial charge in [0.15, 0.2) is 0 Å². The Morgan fingerprint density at radius 3 is 3.09 bits per heavy atom. The van der Waals surface area contributed by atoms with Crippen LogP contribution >= 0.6 is 0 Å². The summed E-state index contributed by atoms with van der Waals surface area (Å²) < 4.78 is 0. The number of hydrogen-bond donors (Lipinski definition) is 2. The van der Waals surface area contributed by atoms with Crippen molar-refractivity contribution in [2.45, 2.75) is 12.5 Å². The highest BCUT2D eigenvalue weighted by Gasteiger charge is 2.20. The van der Waals surface area contributed by atoms with Gasteiger partial charge in [0, 0.05) is 25.7 Å². The van der Waals surface area contributed by atoms with Gasteiger partial charge in [-0.1, -0.05) is 0 Å². The molecule has 0 amide bonds. The third-order valence-electron chi connectivity index (χ3n) is 2.05. The minimum Gasteiger partial charge on any atom is -0.481 e. The normalized spacial score (nSPS) is 26.8. The van der Waals surface area contributed by atoms with Gasteiger partial charge in [0.2, 0.25) is 0 Å². The number of rotatable bonds is 2. The Morgan fingerprint density at radius 1 is 1.82 bits per heavy atom. The maximum atomic E-state index is 10.4. The van der Waals surface area contributed by atoms with Gasteiger partial charge in [0.05, 0.1) is 6.42 Å². The molecule has 0 aromatic heterocycles. The number of aliphatic carboxylic acids is 1. The molecule has 1 fully saturated rings. The first-order valence-corrected chi connectivity index (χ1v) is 3.83. The predicted molar refractivity (Wildman–Crippen MR) is 41.5 cm³/mol. The smallest absolute Gasteiger partial charge is 0.304 e. The van der Waals surface area contributed by atoms with Crippen molar-refractivity contribution in [3.8, 4) is 0 Å². The van der Waals surface area contributed by atoms with Crippen molar-refractivity contribution >= 4 is 5.97 Å². The Kier molecular flexibility index (Phi) is 2.84. The standard InChI is InChI=1S/C7H14N2O2/c1-9-3-2-8-5-6(9)4-7(10)11/h6,8H,2-5H2,1H3,(H,10,11)/t6-/m1/s1. The van der Waals surface area contributed by atoms with Crippen molar-refractivity contribution in [1.82, 2.24) is 10.2 Å². The molecular weight excluding hydrogens is 144 g/mol. The van der Waals surface area contributed by atoms with Gasteiger partial charge in [-0.2, -0.15) is 0 Å². The first-order chi connectivity index (χ1) is 5.20. The van der Waals surface area contributed by atoms with E-state index >= 15 is 0 Å². The van der Waals surface area contributed by atoms with Gasteiger partial charge in [0.1, 0.15) is 0 Å². The number of nitrogens with zero attached hydrogens (tertiary/aromatic N) is 1. The van der Waals surface area contributed by atoms with E-state index < -0.39 is 5.97 Å². The summed E-state index contributed by atoms with van der Waals surface area (Å²) in [7, 11) is 1.97. The largest absolute Gasteiger partial charge is 0.481 e. The molecule has 1 saturated heterocycles. The zero-order chi connectivity index (χ0) is 8.27. The van der Waals surface area contributed by atoms with Gasteiger partial charge in [-0.15, -0.1) is 0 Å². The fourth-order valence-corrected chi connectivity index (χ4v) is 1.29. The van der Waals surface area contributed by atoms with Crippen LogP contribution in [0.3, 0.4) is 0 Å². The molecule has 2 N–H and O–H groups in total. The van der Waals surface area contributed by atoms with Crippen molar-refractivity contribution in [3.05, 3.63) is 0 Å². The van der Waals surface area contributed by atoms with Crippen LogP contribution in [0, 0.1) is 0 Å². The van der Waals surface area contributed by atoms with Crippen molar-refractivity contribution in [3.63, 3.8) is 0 Å². The summed E-state index contributed by atoms with van der Waals surface area (Å²) in [5.74, 6) is -0.717. The van der Waals surface area contributed by atoms with Crippen LogP contribution < -0.4 is 5.32 Å². The summed E-state index contributed by atoms with van der Waals surface area (Å²) >= 11 is 0. The highest BCUT2D eigenvalue weighted by atomic mass is 16.4. The first kappa shape index (κ1) is 8.49. The summed E-state index contributed by atoms with van der Waals surface area (Å²) in [5, 5.41) is 11.7. The highest BCUT2D eigenvalue weighted by molar-refractivity contribution is 5.67. The first-order valence-electron chi connectivity index (χ1n) is 3.83. The molecule has 0 radical (unpaired) electrons. The van der Waals surface area contributed by atoms with E-state index in [9.17, 15) is 4.79 Å². The molecule has 1 aliphatic rings. The lowest BCUT2D eigenvalue weighted by Gasteiger charge is -2.31. The van der Waals surface area contributed by atoms with E-state index in [1.807, 2.05) is 7.05 Å². The molecule has 0 bridgehead atoms. The maximum absolute atomic E-state index is 10.4. The molecule has 4 nitrogen and oxygen atoms in total. The molecule has 1 rings (SSSR count). The van der Waals surface area contributed by atoms with Gasteiger partial charge < -0.3 is 15.3 Å². The van der Waals surface area contributed by atoms with Crippen molar-refractivity contribution in [2.75, 3.05) is 26.7 Å². The minimum absolute atomic E-state index is 0.168. The number of piperazine rings is 1. The monoisotopic (exact) mass is 158 g/mol. The van der Waals surface area contributed by atoms with E-state index in [4.69, 9.17) is 5.11 Å². The number of carbonyl (C=O) groups is 1. The fraction of sp³-hybridized carbons (Fsp3) is 0.857. The van der Waals surface area contributed by atoms with Crippen LogP contribution in [0.2, 0.25) is 0 Å². The van der Waals surface area contributed by atoms with Crippen LogP contribution in [-0.2, 0) is 4.79 Å². The summed E-state index contributed by atoms with van der Waals surface area (Å²) in [5.41, 5.74) is 0. The second-order valence-electron chi connectivity index (χ2n) is 2.94. The van der Waals surface area contributed by atoms with Crippen molar-refractivity contribution in [1.29, 1.82) is 0 Å². The molecule has 0 aromatic rings. The van der Waals surface area contributed by atoms with E-state index in [0.29, 0.717) is 0 Å². The third kappa shape index (κ3) is 2.48. The van der Waals surface area contributed by atoms with Crippen LogP contribution in [0.1, 0.15) is 6.42 Å². The van der Waals surface area contributed by atoms with Crippen molar-refractivity contribution in [2.24, 2.45) is 0 Å². The second kappa shape index (κ2) is 3.69. The Morgan fingerprint density at radius 2 is 2.55 bits per heavy atom. The topological polar surface area (TPSA) is 52.6 Å². The number of hydrogen-bond acceptors (Lipinski definition) is 3. The van der Waals surface area contributed by atoms with Crippen LogP contribution in [0.15, 0.2) is 0 Å². The zero-order valence-electron chi connectivity index (χ0n) is 6.71. The Bertz CT molecular complexity index is 149. The molecule has 11 heavy (non-hydrogen) atoms. The number of likely N-dealkylation sites (N-methyl/N-ethyl adjacent to an activating group) is 1. The number of nitrogens with one attached hydrogen (secondary N) is 1. The van der Waals surface area contributed by atoms with E-state index in [2.05, 4.69) is 10.2 Å². The Balaban J connectivity index is 2.35. The Labute approximate surface area is 66.2 Å². The summed E-state index contributed by atoms with van der Waals surface area (Å²) in [6.07, 6.45) is 0.240. The van der Waals surface area contributed by atoms with E-state index in [1.54, 1.807) is 0 Å². The number of carboxylic acids is 1. The highest BCUT2D eigenvalue weighted by Crippen LogP contribution is 2.03. The molecule has 0 unspecified atom stereocenters. The van der Waals surface area contributed by atoms with Gasteiger partial charge in [-0.05, 0) is 7.05 Å². The molecule has 64 valence electrons. The molecule has 0 aromatic carbocycles. The fourth-order valence-electron chi connectivity index (χ4n) is 1.29. The molecule has 0 aliphatic carbocycles. The minimum atomic E-state index is -0.717. The summed E-state index contributed by atoms with van der Waals surface area (Å²) in [6, 6.07) is 0.168. The lowest BCUT2D eigenvalue weighted by molar-refractivity contribution is -0.138. The maximum Gasteiger partial charge on any atom is 0.304 e. The molecular formula is C7H14N2O2. The van der Waals surface area contributed by atoms with Crippen LogP contribution in [0.5, 0.6) is 0 Å². The molecule has 1 aliphatic heterocycles. The zero-order valence-corrected chi connectivity index (χ0v) is 6.71. The van der Waals surface area contributed by atoms with Gasteiger partial charge in [0.25, 0.3) is 0 Å². The average Bonchev–Trinajstić information content (AvgIpc) is 1.93. The van der Waals surface area contributed by atoms with Gasteiger partial charge >= 0.3 is 5.97 Å². The molecule has 0 spiro atoms. The predicted octanol–water partition coefficient (Wildman–Crippen LogP) is -0.635. The second-order valence-corrected chi connectivity index (χ2v) is 2.94. The third-order valence-corrected chi connectivity index (χ3v) is 2.05. The van der Waals surface area contributed by atoms with E-state index in [-0.39, 0.29) is 12.5 Å². The van der Waals surface area contributed by atoms with E-state index in [1.165, 1.54) is 0 Å². The van der Waals surface area contributed by atoms with Crippen LogP contribution in [0.4, 0.5) is 0 Å². The Hall–Kier alpha value is -0.610. The molecule has 4 heteroatoms. The lowest BCUT2D eigenvalue weighted by atomic mass is 10.1. The molecule has 1 atom stereocenters. The van der Waals surface area contributed by atoms with E-state index in [0.717, 1.165) is 19.6 Å². The SMILES string of the molecule is CN1CCNC[C@H]1CC(=O)O. The quantitative estimate of drug-likeness (QED) is 0.561. The van der Waals surface area contributed by atoms with Crippen molar-refractivity contribution < 1.29 is 9.90 Å². The lowest BCUT2D eigenvalue weighted by Crippen LogP contribution is -2.49. The summed E-state index contributed by atoms with van der Waals surface area (Å²) in [6.45, 7) is 2.70. The molecule has 0 saturated carbocycles. The summed E-state index contributed by atoms with van der Waals surface area (Å²) in [4.78, 5) is 12.4.